The van der Waals surface area contributed by atoms with Crippen LogP contribution in [0.4, 0.5) is 0 Å². The molecule has 4 aromatic carbocycles. The number of carbonyl (C=O) groups is 3. The summed E-state index contributed by atoms with van der Waals surface area (Å²) in [7, 11) is 0. The minimum atomic E-state index is -1.44. The smallest absolute Gasteiger partial charge is 0.326 e. The Morgan fingerprint density at radius 1 is 0.721 bits per heavy atom. The molecule has 0 radical (unpaired) electrons. The molecule has 7 heteroatoms. The van der Waals surface area contributed by atoms with Gasteiger partial charge in [0, 0.05) is 0 Å². The summed E-state index contributed by atoms with van der Waals surface area (Å²) in [6, 6.07) is 38.2. The second-order valence-electron chi connectivity index (χ2n) is 11.3. The van der Waals surface area contributed by atoms with Crippen LogP contribution in [0.5, 0.6) is 0 Å². The number of aliphatic carboxylic acids is 1. The maximum atomic E-state index is 14.2. The van der Waals surface area contributed by atoms with Crippen molar-refractivity contribution in [2.75, 3.05) is 0 Å². The summed E-state index contributed by atoms with van der Waals surface area (Å²) < 4.78 is 4.54. The van der Waals surface area contributed by atoms with Crippen molar-refractivity contribution in [2.24, 2.45) is 0 Å². The summed E-state index contributed by atoms with van der Waals surface area (Å²) >= 11 is 1.46. The van der Waals surface area contributed by atoms with Gasteiger partial charge < -0.3 is 15.2 Å². The molecule has 0 aliphatic rings. The number of rotatable bonds is 12. The SMILES string of the molecule is CC(C)(C)OC(=O)CC(NC(=O)C(Cc1ccccc1)SC(c1ccccc1)(c1ccccc1)c1ccccc1)C(=O)O. The fourth-order valence-corrected chi connectivity index (χ4v) is 6.66. The third-order valence-electron chi connectivity index (χ3n) is 6.82. The number of amides is 1. The standard InChI is InChI=1S/C36H37NO5S/c1-35(2,3)42-32(38)25-30(34(40)41)37-33(39)31(24-26-16-8-4-9-17-26)43-36(27-18-10-5-11-19-27,28-20-12-6-13-21-28)29-22-14-7-15-23-29/h4-23,30-31H,24-25H2,1-3H3,(H,37,39)(H,40,41). The second kappa shape index (κ2) is 14.2. The zero-order valence-corrected chi connectivity index (χ0v) is 25.4. The van der Waals surface area contributed by atoms with Crippen LogP contribution in [0.1, 0.15) is 49.4 Å². The lowest BCUT2D eigenvalue weighted by Gasteiger charge is -2.38. The van der Waals surface area contributed by atoms with Gasteiger partial charge in [-0.3, -0.25) is 9.59 Å². The largest absolute Gasteiger partial charge is 0.480 e. The van der Waals surface area contributed by atoms with E-state index in [4.69, 9.17) is 4.74 Å². The van der Waals surface area contributed by atoms with Gasteiger partial charge in [-0.25, -0.2) is 4.79 Å². The molecule has 2 N–H and O–H groups in total. The van der Waals surface area contributed by atoms with E-state index >= 15 is 0 Å². The van der Waals surface area contributed by atoms with Crippen LogP contribution < -0.4 is 5.32 Å². The highest BCUT2D eigenvalue weighted by Gasteiger charge is 2.42. The van der Waals surface area contributed by atoms with Gasteiger partial charge in [0.2, 0.25) is 5.91 Å². The summed E-state index contributed by atoms with van der Waals surface area (Å²) in [4.78, 5) is 38.9. The minimum absolute atomic E-state index is 0.338. The molecule has 4 aromatic rings. The molecule has 222 valence electrons. The van der Waals surface area contributed by atoms with Crippen LogP contribution in [0, 0.1) is 0 Å². The van der Waals surface area contributed by atoms with Gasteiger partial charge in [0.15, 0.2) is 0 Å². The van der Waals surface area contributed by atoms with E-state index in [1.54, 1.807) is 20.8 Å². The molecular formula is C36H37NO5S. The monoisotopic (exact) mass is 595 g/mol. The predicted octanol–water partition coefficient (Wildman–Crippen LogP) is 6.62. The molecule has 0 spiro atoms. The third-order valence-corrected chi connectivity index (χ3v) is 8.55. The van der Waals surface area contributed by atoms with Crippen molar-refractivity contribution in [1.29, 1.82) is 0 Å². The molecule has 1 amide bonds. The number of carbonyl (C=O) groups excluding carboxylic acids is 2. The van der Waals surface area contributed by atoms with E-state index < -0.39 is 45.9 Å². The highest BCUT2D eigenvalue weighted by molar-refractivity contribution is 8.02. The molecule has 0 heterocycles. The Morgan fingerprint density at radius 3 is 1.53 bits per heavy atom. The van der Waals surface area contributed by atoms with Gasteiger partial charge in [0.1, 0.15) is 11.6 Å². The first kappa shape index (κ1) is 31.6. The van der Waals surface area contributed by atoms with E-state index in [-0.39, 0.29) is 0 Å². The molecule has 43 heavy (non-hydrogen) atoms. The van der Waals surface area contributed by atoms with Gasteiger partial charge in [0.25, 0.3) is 0 Å². The zero-order valence-electron chi connectivity index (χ0n) is 24.6. The molecular weight excluding hydrogens is 558 g/mol. The fourth-order valence-electron chi connectivity index (χ4n) is 4.97. The summed E-state index contributed by atoms with van der Waals surface area (Å²) in [5, 5.41) is 11.9. The quantitative estimate of drug-likeness (QED) is 0.141. The van der Waals surface area contributed by atoms with Crippen LogP contribution in [0.3, 0.4) is 0 Å². The maximum absolute atomic E-state index is 14.2. The number of hydrogen-bond donors (Lipinski definition) is 2. The Hall–Kier alpha value is -4.36. The van der Waals surface area contributed by atoms with Crippen molar-refractivity contribution < 1.29 is 24.2 Å². The highest BCUT2D eigenvalue weighted by atomic mass is 32.2. The van der Waals surface area contributed by atoms with Gasteiger partial charge in [-0.2, -0.15) is 0 Å². The summed E-state index contributed by atoms with van der Waals surface area (Å²) in [6.07, 6.45) is -0.146. The first-order valence-corrected chi connectivity index (χ1v) is 15.1. The van der Waals surface area contributed by atoms with Crippen molar-refractivity contribution >= 4 is 29.6 Å². The van der Waals surface area contributed by atoms with Crippen LogP contribution in [0.15, 0.2) is 121 Å². The van der Waals surface area contributed by atoms with Crippen LogP contribution >= 0.6 is 11.8 Å². The molecule has 0 aliphatic heterocycles. The van der Waals surface area contributed by atoms with Crippen molar-refractivity contribution in [3.8, 4) is 0 Å². The highest BCUT2D eigenvalue weighted by Crippen LogP contribution is 2.50. The van der Waals surface area contributed by atoms with E-state index in [1.165, 1.54) is 11.8 Å². The van der Waals surface area contributed by atoms with Gasteiger partial charge in [-0.15, -0.1) is 11.8 Å². The third kappa shape index (κ3) is 8.36. The average molecular weight is 596 g/mol. The molecule has 0 saturated carbocycles. The van der Waals surface area contributed by atoms with Gasteiger partial charge >= 0.3 is 11.9 Å². The Kier molecular flexibility index (Phi) is 10.4. The number of thioether (sulfide) groups is 1. The topological polar surface area (TPSA) is 92.7 Å². The Bertz CT molecular complexity index is 1390. The molecule has 0 saturated heterocycles. The normalized spacial score (nSPS) is 13.0. The van der Waals surface area contributed by atoms with E-state index in [1.807, 2.05) is 121 Å². The number of nitrogens with one attached hydrogen (secondary N) is 1. The van der Waals surface area contributed by atoms with Crippen molar-refractivity contribution in [2.45, 2.75) is 55.3 Å². The Morgan fingerprint density at radius 2 is 1.14 bits per heavy atom. The first-order valence-electron chi connectivity index (χ1n) is 14.2. The Balaban J connectivity index is 1.80. The van der Waals surface area contributed by atoms with E-state index in [0.29, 0.717) is 6.42 Å². The Labute approximate surface area is 257 Å². The second-order valence-corrected chi connectivity index (χ2v) is 12.7. The predicted molar refractivity (Wildman–Crippen MR) is 171 cm³/mol. The summed E-state index contributed by atoms with van der Waals surface area (Å²) in [5.74, 6) is -2.47. The van der Waals surface area contributed by atoms with E-state index in [9.17, 15) is 19.5 Å². The molecule has 0 bridgehead atoms. The number of carboxylic acid groups (broad SMARTS) is 1. The molecule has 0 fully saturated rings. The molecule has 0 aliphatic carbocycles. The van der Waals surface area contributed by atoms with Crippen molar-refractivity contribution in [3.63, 3.8) is 0 Å². The number of benzene rings is 4. The first-order chi connectivity index (χ1) is 20.6. The van der Waals surface area contributed by atoms with Gasteiger partial charge in [-0.05, 0) is 49.4 Å². The molecule has 0 aromatic heterocycles. The zero-order chi connectivity index (χ0) is 30.9. The lowest BCUT2D eigenvalue weighted by molar-refractivity contribution is -0.158. The molecule has 6 nitrogen and oxygen atoms in total. The van der Waals surface area contributed by atoms with Crippen LogP contribution in [-0.2, 0) is 30.3 Å². The number of ether oxygens (including phenoxy) is 1. The summed E-state index contributed by atoms with van der Waals surface area (Å²) in [6.45, 7) is 5.13. The number of carboxylic acids is 1. The average Bonchev–Trinajstić information content (AvgIpc) is 3.00. The number of esters is 1. The van der Waals surface area contributed by atoms with Crippen LogP contribution in [0.25, 0.3) is 0 Å². The fraction of sp³-hybridized carbons (Fsp3) is 0.250. The van der Waals surface area contributed by atoms with Crippen LogP contribution in [-0.4, -0.2) is 39.8 Å². The lowest BCUT2D eigenvalue weighted by atomic mass is 9.84. The molecule has 4 rings (SSSR count). The van der Waals surface area contributed by atoms with Crippen molar-refractivity contribution in [1.82, 2.24) is 5.32 Å². The van der Waals surface area contributed by atoms with Gasteiger partial charge in [0.05, 0.1) is 16.4 Å². The summed E-state index contributed by atoms with van der Waals surface area (Å²) in [5.41, 5.74) is 3.08. The van der Waals surface area contributed by atoms with Crippen molar-refractivity contribution in [3.05, 3.63) is 144 Å². The molecule has 2 unspecified atom stereocenters. The maximum Gasteiger partial charge on any atom is 0.326 e. The van der Waals surface area contributed by atoms with E-state index in [2.05, 4.69) is 5.32 Å². The minimum Gasteiger partial charge on any atom is -0.480 e. The lowest BCUT2D eigenvalue weighted by Crippen LogP contribution is -2.48. The van der Waals surface area contributed by atoms with E-state index in [0.717, 1.165) is 22.3 Å². The molecule has 2 atom stereocenters. The van der Waals surface area contributed by atoms with Crippen LogP contribution in [0.2, 0.25) is 0 Å². The number of hydrogen-bond acceptors (Lipinski definition) is 5. The van der Waals surface area contributed by atoms with Gasteiger partial charge in [-0.1, -0.05) is 121 Å².